The summed E-state index contributed by atoms with van der Waals surface area (Å²) in [6.07, 6.45) is 0. The minimum absolute atomic E-state index is 0. The van der Waals surface area contributed by atoms with Crippen LogP contribution in [0.4, 0.5) is 0 Å². The van der Waals surface area contributed by atoms with Crippen molar-refractivity contribution in [1.82, 2.24) is 29.5 Å². The van der Waals surface area contributed by atoms with E-state index in [9.17, 15) is 19.8 Å². The Morgan fingerprint density at radius 2 is 0.943 bits per heavy atom. The van der Waals surface area contributed by atoms with Crippen molar-refractivity contribution in [2.24, 2.45) is 0 Å². The van der Waals surface area contributed by atoms with Crippen LogP contribution in [0.25, 0.3) is 53.2 Å². The molecule has 269 valence electrons. The summed E-state index contributed by atoms with van der Waals surface area (Å²) in [6.45, 7) is 3.43. The zero-order valence-electron chi connectivity index (χ0n) is 28.5. The first-order valence-electron chi connectivity index (χ1n) is 15.8. The predicted molar refractivity (Wildman–Crippen MR) is 195 cm³/mol. The number of hydrogen-bond acceptors (Lipinski definition) is 12. The zero-order valence-corrected chi connectivity index (χ0v) is 31.1. The second-order valence-electron chi connectivity index (χ2n) is 11.3. The van der Waals surface area contributed by atoms with Crippen LogP contribution in [-0.2, 0) is 26.5 Å². The smallest absolute Gasteiger partial charge is 0.872 e. The number of esters is 2. The van der Waals surface area contributed by atoms with Crippen molar-refractivity contribution in [3.63, 3.8) is 0 Å². The minimum Gasteiger partial charge on any atom is -0.872 e. The number of para-hydroxylation sites is 4. The Bertz CT molecular complexity index is 2380. The van der Waals surface area contributed by atoms with Gasteiger partial charge in [-0.1, -0.05) is 107 Å². The van der Waals surface area contributed by atoms with Gasteiger partial charge in [-0.05, 0) is 49.2 Å². The van der Waals surface area contributed by atoms with Gasteiger partial charge in [0.15, 0.2) is 0 Å². The molecule has 0 N–H and O–H groups in total. The maximum atomic E-state index is 12.4. The molecule has 0 aliphatic heterocycles. The summed E-state index contributed by atoms with van der Waals surface area (Å²) in [7, 11) is 2.62. The molecule has 8 rings (SSSR count). The fraction of sp³-hybridized carbons (Fsp3) is 0.105. The SMILES string of the molecule is COC(=O)c1c(C)nn(-c2nc3ccccc3s2)c1-c1ccccc1[O-].COC(=O)c1c(C)nn(-c2nc3ccccc3s2)c1-c1ccccc1[O-].[Cu+2]. The molecule has 4 aromatic carbocycles. The fourth-order valence-electron chi connectivity index (χ4n) is 5.75. The number of rotatable bonds is 6. The second-order valence-corrected chi connectivity index (χ2v) is 13.4. The Balaban J connectivity index is 0.000000178. The number of aryl methyl sites for hydroxylation is 2. The van der Waals surface area contributed by atoms with Crippen LogP contribution in [-0.4, -0.2) is 55.7 Å². The summed E-state index contributed by atoms with van der Waals surface area (Å²) >= 11 is 2.88. The predicted octanol–water partition coefficient (Wildman–Crippen LogP) is 6.63. The van der Waals surface area contributed by atoms with Gasteiger partial charge in [0.05, 0.1) is 57.4 Å². The molecule has 15 heteroatoms. The summed E-state index contributed by atoms with van der Waals surface area (Å²) < 4.78 is 14.9. The molecule has 1 radical (unpaired) electrons. The Morgan fingerprint density at radius 1 is 0.585 bits per heavy atom. The third-order valence-electron chi connectivity index (χ3n) is 8.11. The molecule has 12 nitrogen and oxygen atoms in total. The average Bonchev–Trinajstić information content (AvgIpc) is 3.94. The van der Waals surface area contributed by atoms with E-state index in [1.807, 2.05) is 48.5 Å². The van der Waals surface area contributed by atoms with Crippen molar-refractivity contribution in [3.8, 4) is 44.3 Å². The molecule has 4 heterocycles. The molecule has 0 spiro atoms. The van der Waals surface area contributed by atoms with Crippen molar-refractivity contribution in [1.29, 1.82) is 0 Å². The maximum Gasteiger partial charge on any atom is 2.00 e. The number of benzene rings is 4. The van der Waals surface area contributed by atoms with Gasteiger partial charge in [-0.15, -0.1) is 0 Å². The van der Waals surface area contributed by atoms with Gasteiger partial charge in [0.1, 0.15) is 11.1 Å². The van der Waals surface area contributed by atoms with Gasteiger partial charge in [0.25, 0.3) is 0 Å². The van der Waals surface area contributed by atoms with E-state index in [2.05, 4.69) is 20.2 Å². The van der Waals surface area contributed by atoms with Gasteiger partial charge < -0.3 is 19.7 Å². The molecule has 0 saturated carbocycles. The third-order valence-corrected chi connectivity index (χ3v) is 10.1. The molecule has 0 bridgehead atoms. The second kappa shape index (κ2) is 15.4. The number of aromatic nitrogens is 6. The van der Waals surface area contributed by atoms with Crippen LogP contribution in [0.1, 0.15) is 32.1 Å². The molecule has 4 aromatic heterocycles. The van der Waals surface area contributed by atoms with Gasteiger partial charge in [0.2, 0.25) is 10.3 Å². The number of fused-ring (bicyclic) bond motifs is 2. The standard InChI is InChI=1S/2C19H15N3O3S.Cu/c2*1-11-16(18(24)25-2)17(12-7-3-5-9-14(12)23)22(21-11)19-20-13-8-4-6-10-15(13)26-19;/h2*3-10,23H,1-2H3;/q;;+2/p-2. The van der Waals surface area contributed by atoms with E-state index in [0.717, 1.165) is 20.4 Å². The third kappa shape index (κ3) is 6.90. The summed E-state index contributed by atoms with van der Waals surface area (Å²) in [6, 6.07) is 28.6. The first-order chi connectivity index (χ1) is 25.2. The van der Waals surface area contributed by atoms with Crippen LogP contribution in [0.2, 0.25) is 0 Å². The Kier molecular flexibility index (Phi) is 10.7. The van der Waals surface area contributed by atoms with Crippen LogP contribution < -0.4 is 10.2 Å². The molecule has 53 heavy (non-hydrogen) atoms. The Labute approximate surface area is 321 Å². The monoisotopic (exact) mass is 791 g/mol. The van der Waals surface area contributed by atoms with Gasteiger partial charge in [-0.2, -0.15) is 10.2 Å². The molecular weight excluding hydrogens is 764 g/mol. The quantitative estimate of drug-likeness (QED) is 0.132. The van der Waals surface area contributed by atoms with E-state index in [1.165, 1.54) is 49.0 Å². The molecule has 0 saturated heterocycles. The van der Waals surface area contributed by atoms with Crippen molar-refractivity contribution in [2.45, 2.75) is 13.8 Å². The molecule has 0 amide bonds. The molecule has 0 aliphatic rings. The van der Waals surface area contributed by atoms with Crippen molar-refractivity contribution >= 4 is 55.0 Å². The maximum absolute atomic E-state index is 12.4. The Hall–Kier alpha value is -5.86. The van der Waals surface area contributed by atoms with Crippen LogP contribution in [0.3, 0.4) is 0 Å². The van der Waals surface area contributed by atoms with Gasteiger partial charge in [-0.25, -0.2) is 28.9 Å². The van der Waals surface area contributed by atoms with Crippen molar-refractivity contribution in [3.05, 3.63) is 120 Å². The average molecular weight is 792 g/mol. The minimum atomic E-state index is -0.534. The largest absolute Gasteiger partial charge is 2.00 e. The first-order valence-corrected chi connectivity index (χ1v) is 17.4. The number of nitrogens with zero attached hydrogens (tertiary/aromatic N) is 6. The number of carbonyl (C=O) groups excluding carboxylic acids is 2. The van der Waals surface area contributed by atoms with Crippen LogP contribution in [0.15, 0.2) is 97.1 Å². The topological polar surface area (TPSA) is 160 Å². The van der Waals surface area contributed by atoms with Gasteiger partial charge in [-0.3, -0.25) is 0 Å². The van der Waals surface area contributed by atoms with E-state index in [0.29, 0.717) is 44.2 Å². The summed E-state index contributed by atoms with van der Waals surface area (Å²) in [4.78, 5) is 33.9. The summed E-state index contributed by atoms with van der Waals surface area (Å²) in [5.74, 6) is -1.46. The van der Waals surface area contributed by atoms with Crippen LogP contribution in [0, 0.1) is 13.8 Å². The molecule has 0 fully saturated rings. The van der Waals surface area contributed by atoms with Crippen molar-refractivity contribution in [2.75, 3.05) is 14.2 Å². The molecule has 8 aromatic rings. The zero-order chi connectivity index (χ0) is 36.5. The Morgan fingerprint density at radius 3 is 1.30 bits per heavy atom. The summed E-state index contributed by atoms with van der Waals surface area (Å²) in [5, 5.41) is 35.0. The van der Waals surface area contributed by atoms with E-state index in [1.54, 1.807) is 59.6 Å². The number of hydrogen-bond donors (Lipinski definition) is 0. The molecule has 0 aliphatic carbocycles. The fourth-order valence-corrected chi connectivity index (χ4v) is 7.60. The number of thiazole rings is 2. The normalized spacial score (nSPS) is 10.8. The van der Waals surface area contributed by atoms with E-state index in [4.69, 9.17) is 9.47 Å². The van der Waals surface area contributed by atoms with Crippen LogP contribution in [0.5, 0.6) is 11.5 Å². The van der Waals surface area contributed by atoms with Gasteiger partial charge >= 0.3 is 29.0 Å². The first kappa shape index (κ1) is 36.9. The van der Waals surface area contributed by atoms with E-state index in [-0.39, 0.29) is 39.7 Å². The molecule has 0 unspecified atom stereocenters. The number of methoxy groups -OCH3 is 2. The summed E-state index contributed by atoms with van der Waals surface area (Å²) in [5.41, 5.74) is 4.75. The van der Waals surface area contributed by atoms with Crippen LogP contribution >= 0.6 is 22.7 Å². The number of ether oxygens (including phenoxy) is 2. The molecule has 0 atom stereocenters. The van der Waals surface area contributed by atoms with Crippen molar-refractivity contribution < 1.29 is 46.3 Å². The number of carbonyl (C=O) groups is 2. The van der Waals surface area contributed by atoms with E-state index < -0.39 is 11.9 Å². The molecular formula is C38H28CuN6O6S2. The van der Waals surface area contributed by atoms with E-state index >= 15 is 0 Å². The van der Waals surface area contributed by atoms with Gasteiger partial charge in [0, 0.05) is 0 Å².